The van der Waals surface area contributed by atoms with E-state index in [-0.39, 0.29) is 6.04 Å². The fraction of sp³-hybridized carbons (Fsp3) is 0.750. The maximum Gasteiger partial charge on any atom is 0.224 e. The van der Waals surface area contributed by atoms with Gasteiger partial charge in [-0.05, 0) is 6.42 Å². The van der Waals surface area contributed by atoms with Gasteiger partial charge in [-0.2, -0.15) is 0 Å². The minimum absolute atomic E-state index is 0.00963. The van der Waals surface area contributed by atoms with Crippen molar-refractivity contribution in [3.63, 3.8) is 0 Å². The zero-order chi connectivity index (χ0) is 9.84. The lowest BCUT2D eigenvalue weighted by Gasteiger charge is -2.09. The van der Waals surface area contributed by atoms with Crippen LogP contribution in [-0.2, 0) is 7.05 Å². The van der Waals surface area contributed by atoms with E-state index in [0.717, 1.165) is 24.6 Å². The quantitative estimate of drug-likeness (QED) is 0.719. The van der Waals surface area contributed by atoms with Gasteiger partial charge in [0.25, 0.3) is 0 Å². The van der Waals surface area contributed by atoms with Gasteiger partial charge < -0.3 is 11.1 Å². The van der Waals surface area contributed by atoms with Gasteiger partial charge in [0.1, 0.15) is 0 Å². The fourth-order valence-electron chi connectivity index (χ4n) is 1.32. The smallest absolute Gasteiger partial charge is 0.224 e. The summed E-state index contributed by atoms with van der Waals surface area (Å²) < 4.78 is 1.89. The van der Waals surface area contributed by atoms with Crippen molar-refractivity contribution in [1.82, 2.24) is 14.8 Å². The van der Waals surface area contributed by atoms with E-state index in [1.165, 1.54) is 0 Å². The summed E-state index contributed by atoms with van der Waals surface area (Å²) in [6.45, 7) is 2.11. The maximum atomic E-state index is 5.92. The Morgan fingerprint density at radius 3 is 2.69 bits per heavy atom. The van der Waals surface area contributed by atoms with Gasteiger partial charge in [0.05, 0.1) is 6.04 Å². The molecule has 0 bridgehead atoms. The van der Waals surface area contributed by atoms with Gasteiger partial charge >= 0.3 is 0 Å². The molecular weight excluding hydrogens is 166 g/mol. The molecule has 1 aromatic heterocycles. The Labute approximate surface area is 78.3 Å². The Morgan fingerprint density at radius 1 is 1.54 bits per heavy atom. The number of nitrogens with two attached hydrogens (primary N) is 1. The molecule has 0 unspecified atom stereocenters. The first kappa shape index (κ1) is 9.98. The molecule has 0 amide bonds. The summed E-state index contributed by atoms with van der Waals surface area (Å²) in [5, 5.41) is 10.9. The Hall–Kier alpha value is -1.10. The van der Waals surface area contributed by atoms with Crippen LogP contribution in [0.5, 0.6) is 0 Å². The zero-order valence-corrected chi connectivity index (χ0v) is 8.41. The van der Waals surface area contributed by atoms with E-state index in [1.807, 2.05) is 18.7 Å². The summed E-state index contributed by atoms with van der Waals surface area (Å²) in [5.74, 6) is 1.59. The molecule has 0 radical (unpaired) electrons. The van der Waals surface area contributed by atoms with Crippen molar-refractivity contribution >= 4 is 5.95 Å². The molecule has 0 fully saturated rings. The molecule has 1 heterocycles. The first-order chi connectivity index (χ1) is 6.20. The van der Waals surface area contributed by atoms with Crippen LogP contribution in [0.1, 0.15) is 31.6 Å². The predicted molar refractivity (Wildman–Crippen MR) is 52.4 cm³/mol. The highest BCUT2D eigenvalue weighted by Crippen LogP contribution is 2.15. The van der Waals surface area contributed by atoms with Gasteiger partial charge in [0.2, 0.25) is 5.95 Å². The molecule has 74 valence electrons. The fourth-order valence-corrected chi connectivity index (χ4v) is 1.32. The van der Waals surface area contributed by atoms with Crippen LogP contribution in [0.25, 0.3) is 0 Å². The number of aromatic nitrogens is 3. The van der Waals surface area contributed by atoms with Crippen molar-refractivity contribution in [3.05, 3.63) is 5.82 Å². The van der Waals surface area contributed by atoms with Crippen molar-refractivity contribution < 1.29 is 0 Å². The minimum Gasteiger partial charge on any atom is -0.357 e. The molecule has 5 heteroatoms. The Bertz CT molecular complexity index is 267. The topological polar surface area (TPSA) is 68.8 Å². The first-order valence-corrected chi connectivity index (χ1v) is 4.53. The summed E-state index contributed by atoms with van der Waals surface area (Å²) in [4.78, 5) is 0. The SMILES string of the molecule is CCC[C@@H](N)c1nnc(NC)n1C. The highest BCUT2D eigenvalue weighted by atomic mass is 15.3. The maximum absolute atomic E-state index is 5.92. The van der Waals surface area contributed by atoms with E-state index >= 15 is 0 Å². The molecule has 3 N–H and O–H groups in total. The average Bonchev–Trinajstić information content (AvgIpc) is 2.47. The average molecular weight is 183 g/mol. The third kappa shape index (κ3) is 1.98. The second-order valence-electron chi connectivity index (χ2n) is 3.09. The number of anilines is 1. The normalized spacial score (nSPS) is 12.9. The van der Waals surface area contributed by atoms with Crippen molar-refractivity contribution in [2.24, 2.45) is 12.8 Å². The molecule has 13 heavy (non-hydrogen) atoms. The largest absolute Gasteiger partial charge is 0.357 e. The highest BCUT2D eigenvalue weighted by molar-refractivity contribution is 5.24. The third-order valence-corrected chi connectivity index (χ3v) is 2.06. The summed E-state index contributed by atoms with van der Waals surface area (Å²) in [5.41, 5.74) is 5.92. The molecule has 0 saturated heterocycles. The minimum atomic E-state index is -0.00963. The van der Waals surface area contributed by atoms with Gasteiger partial charge in [-0.15, -0.1) is 10.2 Å². The second kappa shape index (κ2) is 4.23. The molecule has 0 aliphatic rings. The third-order valence-electron chi connectivity index (χ3n) is 2.06. The number of nitrogens with one attached hydrogen (secondary N) is 1. The van der Waals surface area contributed by atoms with Crippen LogP contribution >= 0.6 is 0 Å². The second-order valence-corrected chi connectivity index (χ2v) is 3.09. The van der Waals surface area contributed by atoms with E-state index in [1.54, 1.807) is 0 Å². The van der Waals surface area contributed by atoms with Gasteiger partial charge in [-0.25, -0.2) is 0 Å². The summed E-state index contributed by atoms with van der Waals surface area (Å²) in [6, 6.07) is -0.00963. The highest BCUT2D eigenvalue weighted by Gasteiger charge is 2.13. The Morgan fingerprint density at radius 2 is 2.23 bits per heavy atom. The molecule has 0 spiro atoms. The Kier molecular flexibility index (Phi) is 3.25. The number of nitrogens with zero attached hydrogens (tertiary/aromatic N) is 3. The summed E-state index contributed by atoms with van der Waals surface area (Å²) >= 11 is 0. The molecule has 5 nitrogen and oxygen atoms in total. The summed E-state index contributed by atoms with van der Waals surface area (Å²) in [7, 11) is 3.73. The first-order valence-electron chi connectivity index (χ1n) is 4.53. The van der Waals surface area contributed by atoms with Gasteiger partial charge in [-0.1, -0.05) is 13.3 Å². The van der Waals surface area contributed by atoms with E-state index in [2.05, 4.69) is 22.4 Å². The lowest BCUT2D eigenvalue weighted by atomic mass is 10.2. The lowest BCUT2D eigenvalue weighted by Crippen LogP contribution is -2.15. The molecule has 0 aliphatic carbocycles. The van der Waals surface area contributed by atoms with Crippen molar-refractivity contribution in [1.29, 1.82) is 0 Å². The lowest BCUT2D eigenvalue weighted by molar-refractivity contribution is 0.578. The predicted octanol–water partition coefficient (Wildman–Crippen LogP) is 0.657. The Balaban J connectivity index is 2.82. The van der Waals surface area contributed by atoms with Crippen molar-refractivity contribution in [2.45, 2.75) is 25.8 Å². The van der Waals surface area contributed by atoms with Gasteiger partial charge in [0, 0.05) is 14.1 Å². The van der Waals surface area contributed by atoms with Gasteiger partial charge in [0.15, 0.2) is 5.82 Å². The standard InChI is InChI=1S/C8H17N5/c1-4-5-6(9)7-11-12-8(10-2)13(7)3/h6H,4-5,9H2,1-3H3,(H,10,12)/t6-/m1/s1. The molecule has 0 saturated carbocycles. The summed E-state index contributed by atoms with van der Waals surface area (Å²) in [6.07, 6.45) is 2.00. The van der Waals surface area contributed by atoms with Crippen LogP contribution in [0, 0.1) is 0 Å². The van der Waals surface area contributed by atoms with Crippen LogP contribution in [0.2, 0.25) is 0 Å². The molecule has 1 rings (SSSR count). The van der Waals surface area contributed by atoms with E-state index in [0.29, 0.717) is 0 Å². The van der Waals surface area contributed by atoms with Crippen molar-refractivity contribution in [3.8, 4) is 0 Å². The molecule has 1 atom stereocenters. The number of hydrogen-bond donors (Lipinski definition) is 2. The molecular formula is C8H17N5. The van der Waals surface area contributed by atoms with Crippen LogP contribution in [0.3, 0.4) is 0 Å². The van der Waals surface area contributed by atoms with Crippen LogP contribution in [0.15, 0.2) is 0 Å². The van der Waals surface area contributed by atoms with Crippen LogP contribution < -0.4 is 11.1 Å². The molecule has 0 aliphatic heterocycles. The van der Waals surface area contributed by atoms with Crippen LogP contribution in [0.4, 0.5) is 5.95 Å². The molecule has 0 aromatic carbocycles. The van der Waals surface area contributed by atoms with E-state index in [4.69, 9.17) is 5.73 Å². The molecule has 1 aromatic rings. The van der Waals surface area contributed by atoms with Crippen LogP contribution in [-0.4, -0.2) is 21.8 Å². The number of rotatable bonds is 4. The van der Waals surface area contributed by atoms with Crippen molar-refractivity contribution in [2.75, 3.05) is 12.4 Å². The number of hydrogen-bond acceptors (Lipinski definition) is 4. The van der Waals surface area contributed by atoms with E-state index in [9.17, 15) is 0 Å². The zero-order valence-electron chi connectivity index (χ0n) is 8.41. The van der Waals surface area contributed by atoms with Gasteiger partial charge in [-0.3, -0.25) is 4.57 Å². The monoisotopic (exact) mass is 183 g/mol. The van der Waals surface area contributed by atoms with E-state index < -0.39 is 0 Å².